The number of ether oxygens (including phenoxy) is 2. The maximum Gasteiger partial charge on any atom is 0.255 e. The van der Waals surface area contributed by atoms with Gasteiger partial charge in [-0.05, 0) is 60.9 Å². The molecule has 0 spiro atoms. The highest BCUT2D eigenvalue weighted by atomic mass is 32.2. The summed E-state index contributed by atoms with van der Waals surface area (Å²) in [6.07, 6.45) is 2.50. The van der Waals surface area contributed by atoms with E-state index in [1.807, 2.05) is 36.4 Å². The van der Waals surface area contributed by atoms with E-state index in [0.29, 0.717) is 30.2 Å². The van der Waals surface area contributed by atoms with Gasteiger partial charge in [0.2, 0.25) is 10.0 Å². The van der Waals surface area contributed by atoms with E-state index in [2.05, 4.69) is 10.0 Å². The molecule has 3 aromatic carbocycles. The van der Waals surface area contributed by atoms with E-state index in [0.717, 1.165) is 19.3 Å². The van der Waals surface area contributed by atoms with Crippen LogP contribution in [0.15, 0.2) is 83.8 Å². The number of amides is 1. The molecule has 1 amide bonds. The van der Waals surface area contributed by atoms with Crippen LogP contribution in [0.4, 0.5) is 5.69 Å². The second-order valence-electron chi connectivity index (χ2n) is 8.08. The number of anilines is 1. The summed E-state index contributed by atoms with van der Waals surface area (Å²) in [5, 5.41) is 2.79. The van der Waals surface area contributed by atoms with Crippen LogP contribution in [0.5, 0.6) is 5.75 Å². The van der Waals surface area contributed by atoms with E-state index in [1.165, 1.54) is 17.7 Å². The number of carbonyl (C=O) groups excluding carboxylic acids is 1. The van der Waals surface area contributed by atoms with E-state index in [9.17, 15) is 13.2 Å². The van der Waals surface area contributed by atoms with Crippen molar-refractivity contribution >= 4 is 21.6 Å². The molecule has 8 heteroatoms. The van der Waals surface area contributed by atoms with Crippen LogP contribution in [0.3, 0.4) is 0 Å². The summed E-state index contributed by atoms with van der Waals surface area (Å²) >= 11 is 0. The highest BCUT2D eigenvalue weighted by Crippen LogP contribution is 2.18. The van der Waals surface area contributed by atoms with Gasteiger partial charge in [0.25, 0.3) is 5.91 Å². The smallest absolute Gasteiger partial charge is 0.255 e. The minimum absolute atomic E-state index is 0.0774. The number of hydrogen-bond donors (Lipinski definition) is 2. The van der Waals surface area contributed by atoms with Crippen molar-refractivity contribution in [3.8, 4) is 5.75 Å². The Balaban J connectivity index is 1.31. The molecule has 0 aromatic heterocycles. The topological polar surface area (TPSA) is 93.7 Å². The zero-order valence-electron chi connectivity index (χ0n) is 18.8. The summed E-state index contributed by atoms with van der Waals surface area (Å²) in [7, 11) is -3.64. The molecule has 0 radical (unpaired) electrons. The zero-order chi connectivity index (χ0) is 23.8. The molecule has 1 heterocycles. The number of hydrogen-bond acceptors (Lipinski definition) is 5. The average Bonchev–Trinajstić information content (AvgIpc) is 3.38. The fourth-order valence-electron chi connectivity index (χ4n) is 3.67. The van der Waals surface area contributed by atoms with Crippen molar-refractivity contribution in [2.75, 3.05) is 25.1 Å². The first kappa shape index (κ1) is 23.9. The largest absolute Gasteiger partial charge is 0.493 e. The van der Waals surface area contributed by atoms with Crippen LogP contribution in [0.1, 0.15) is 28.8 Å². The monoisotopic (exact) mass is 480 g/mol. The lowest BCUT2D eigenvalue weighted by molar-refractivity contribution is 0.102. The second kappa shape index (κ2) is 11.3. The van der Waals surface area contributed by atoms with E-state index >= 15 is 0 Å². The minimum atomic E-state index is -3.64. The molecular weight excluding hydrogens is 452 g/mol. The molecule has 4 rings (SSSR count). The van der Waals surface area contributed by atoms with Crippen molar-refractivity contribution in [2.45, 2.75) is 30.3 Å². The molecule has 1 unspecified atom stereocenters. The molecule has 1 aliphatic heterocycles. The average molecular weight is 481 g/mol. The molecule has 7 nitrogen and oxygen atoms in total. The minimum Gasteiger partial charge on any atom is -0.493 e. The fraction of sp³-hybridized carbons (Fsp3) is 0.269. The summed E-state index contributed by atoms with van der Waals surface area (Å²) < 4.78 is 38.8. The van der Waals surface area contributed by atoms with Gasteiger partial charge in [-0.15, -0.1) is 0 Å². The van der Waals surface area contributed by atoms with Crippen molar-refractivity contribution in [1.82, 2.24) is 4.72 Å². The van der Waals surface area contributed by atoms with Gasteiger partial charge in [-0.25, -0.2) is 13.1 Å². The highest BCUT2D eigenvalue weighted by molar-refractivity contribution is 7.89. The molecule has 0 aliphatic carbocycles. The summed E-state index contributed by atoms with van der Waals surface area (Å²) in [4.78, 5) is 12.8. The quantitative estimate of drug-likeness (QED) is 0.457. The third-order valence-electron chi connectivity index (χ3n) is 5.55. The molecule has 2 N–H and O–H groups in total. The Morgan fingerprint density at radius 3 is 2.53 bits per heavy atom. The van der Waals surface area contributed by atoms with Crippen LogP contribution in [0.25, 0.3) is 0 Å². The maximum atomic E-state index is 12.7. The Labute approximate surface area is 200 Å². The molecule has 34 heavy (non-hydrogen) atoms. The third-order valence-corrected chi connectivity index (χ3v) is 6.99. The number of carbonyl (C=O) groups is 1. The Bertz CT molecular complexity index is 1190. The van der Waals surface area contributed by atoms with Crippen molar-refractivity contribution in [1.29, 1.82) is 0 Å². The Morgan fingerprint density at radius 1 is 1.00 bits per heavy atom. The van der Waals surface area contributed by atoms with Gasteiger partial charge in [-0.1, -0.05) is 36.4 Å². The second-order valence-corrected chi connectivity index (χ2v) is 9.84. The Morgan fingerprint density at radius 2 is 1.79 bits per heavy atom. The fourth-order valence-corrected chi connectivity index (χ4v) is 4.74. The Kier molecular flexibility index (Phi) is 7.95. The van der Waals surface area contributed by atoms with Gasteiger partial charge in [-0.2, -0.15) is 0 Å². The van der Waals surface area contributed by atoms with Crippen molar-refractivity contribution < 1.29 is 22.7 Å². The van der Waals surface area contributed by atoms with Crippen LogP contribution in [-0.2, 0) is 21.2 Å². The SMILES string of the molecule is O=C(Nc1ccc(S(=O)(=O)NCC2CCCO2)cc1)c1cccc(OCCc2ccccc2)c1. The van der Waals surface area contributed by atoms with E-state index in [-0.39, 0.29) is 23.5 Å². The molecule has 1 saturated heterocycles. The van der Waals surface area contributed by atoms with Gasteiger partial charge in [-0.3, -0.25) is 4.79 Å². The van der Waals surface area contributed by atoms with E-state index in [1.54, 1.807) is 30.3 Å². The van der Waals surface area contributed by atoms with Crippen LogP contribution in [0, 0.1) is 0 Å². The molecule has 1 fully saturated rings. The van der Waals surface area contributed by atoms with Gasteiger partial charge in [0.15, 0.2) is 0 Å². The third kappa shape index (κ3) is 6.66. The first-order valence-electron chi connectivity index (χ1n) is 11.3. The van der Waals surface area contributed by atoms with Gasteiger partial charge in [0, 0.05) is 30.8 Å². The number of nitrogens with one attached hydrogen (secondary N) is 2. The lowest BCUT2D eigenvalue weighted by Gasteiger charge is -2.12. The predicted octanol–water partition coefficient (Wildman–Crippen LogP) is 4.02. The summed E-state index contributed by atoms with van der Waals surface area (Å²) in [6.45, 7) is 1.43. The maximum absolute atomic E-state index is 12.7. The van der Waals surface area contributed by atoms with Crippen molar-refractivity contribution in [3.05, 3.63) is 90.0 Å². The number of benzene rings is 3. The van der Waals surface area contributed by atoms with Crippen LogP contribution in [-0.4, -0.2) is 40.2 Å². The predicted molar refractivity (Wildman–Crippen MR) is 131 cm³/mol. The molecule has 1 aliphatic rings. The van der Waals surface area contributed by atoms with Gasteiger partial charge >= 0.3 is 0 Å². The molecule has 0 bridgehead atoms. The molecule has 178 valence electrons. The van der Waals surface area contributed by atoms with Crippen molar-refractivity contribution in [2.24, 2.45) is 0 Å². The molecule has 3 aromatic rings. The van der Waals surface area contributed by atoms with Crippen LogP contribution >= 0.6 is 0 Å². The normalized spacial score (nSPS) is 15.7. The summed E-state index contributed by atoms with van der Waals surface area (Å²) in [6, 6.07) is 23.1. The highest BCUT2D eigenvalue weighted by Gasteiger charge is 2.20. The standard InChI is InChI=1S/C26H28N2O5S/c29-26(21-8-4-9-23(18-21)33-17-15-20-6-2-1-3-7-20)28-22-11-13-25(14-12-22)34(30,31)27-19-24-10-5-16-32-24/h1-4,6-9,11-14,18,24,27H,5,10,15-17,19H2,(H,28,29). The summed E-state index contributed by atoms with van der Waals surface area (Å²) in [5.41, 5.74) is 2.13. The first-order valence-corrected chi connectivity index (χ1v) is 12.8. The first-order chi connectivity index (χ1) is 16.5. The van der Waals surface area contributed by atoms with E-state index in [4.69, 9.17) is 9.47 Å². The molecular formula is C26H28N2O5S. The Hall–Kier alpha value is -3.20. The van der Waals surface area contributed by atoms with Crippen LogP contribution in [0.2, 0.25) is 0 Å². The lowest BCUT2D eigenvalue weighted by Crippen LogP contribution is -2.31. The van der Waals surface area contributed by atoms with E-state index < -0.39 is 10.0 Å². The summed E-state index contributed by atoms with van der Waals surface area (Å²) in [5.74, 6) is 0.308. The molecule has 0 saturated carbocycles. The van der Waals surface area contributed by atoms with Crippen LogP contribution < -0.4 is 14.8 Å². The number of rotatable bonds is 10. The zero-order valence-corrected chi connectivity index (χ0v) is 19.6. The van der Waals surface area contributed by atoms with Crippen molar-refractivity contribution in [3.63, 3.8) is 0 Å². The van der Waals surface area contributed by atoms with Gasteiger partial charge in [0.1, 0.15) is 5.75 Å². The lowest BCUT2D eigenvalue weighted by atomic mass is 10.1. The molecule has 1 atom stereocenters. The van der Waals surface area contributed by atoms with Gasteiger partial charge in [0.05, 0.1) is 17.6 Å². The van der Waals surface area contributed by atoms with Gasteiger partial charge < -0.3 is 14.8 Å². The number of sulfonamides is 1.